The quantitative estimate of drug-likeness (QED) is 0.237. The zero-order valence-electron chi connectivity index (χ0n) is 25.0. The number of halogens is 6. The van der Waals surface area contributed by atoms with Crippen molar-refractivity contribution in [2.45, 2.75) is 76.6 Å². The topological polar surface area (TPSA) is 59.1 Å². The van der Waals surface area contributed by atoms with E-state index < -0.39 is 35.7 Å². The van der Waals surface area contributed by atoms with Gasteiger partial charge in [-0.05, 0) is 82.4 Å². The maximum Gasteiger partial charge on any atom is 0.416 e. The molecule has 2 aromatic rings. The van der Waals surface area contributed by atoms with Crippen molar-refractivity contribution in [3.05, 3.63) is 70.8 Å². The van der Waals surface area contributed by atoms with Crippen molar-refractivity contribution in [2.24, 2.45) is 5.92 Å². The molecule has 0 saturated carbocycles. The lowest BCUT2D eigenvalue weighted by atomic mass is 9.86. The molecule has 0 aromatic heterocycles. The maximum atomic E-state index is 13.6. The van der Waals surface area contributed by atoms with Gasteiger partial charge in [-0.25, -0.2) is 0 Å². The summed E-state index contributed by atoms with van der Waals surface area (Å²) in [6, 6.07) is 10.8. The number of hydrogen-bond acceptors (Lipinski definition) is 5. The lowest BCUT2D eigenvalue weighted by molar-refractivity contribution is -0.149. The highest BCUT2D eigenvalue weighted by atomic mass is 19.4. The number of rotatable bonds is 8. The number of hydrogen-bond donors (Lipinski definition) is 0. The molecule has 12 heteroatoms. The highest BCUT2D eigenvalue weighted by Crippen LogP contribution is 2.40. The van der Waals surface area contributed by atoms with E-state index in [0.29, 0.717) is 57.6 Å². The van der Waals surface area contributed by atoms with Gasteiger partial charge in [0.2, 0.25) is 5.91 Å². The smallest absolute Gasteiger partial charge is 0.416 e. The number of benzene rings is 2. The molecule has 3 atom stereocenters. The summed E-state index contributed by atoms with van der Waals surface area (Å²) in [5, 5.41) is 0. The van der Waals surface area contributed by atoms with E-state index in [9.17, 15) is 35.9 Å². The largest absolute Gasteiger partial charge is 0.462 e. The molecule has 0 radical (unpaired) electrons. The van der Waals surface area contributed by atoms with Gasteiger partial charge in [0.05, 0.1) is 36.0 Å². The third kappa shape index (κ3) is 8.74. The predicted molar refractivity (Wildman–Crippen MR) is 151 cm³/mol. The fraction of sp³-hybridized carbons (Fsp3) is 0.562. The van der Waals surface area contributed by atoms with Gasteiger partial charge in [-0.2, -0.15) is 26.3 Å². The molecule has 2 saturated heterocycles. The number of ether oxygens (including phenoxy) is 2. The van der Waals surface area contributed by atoms with Crippen molar-refractivity contribution in [3.63, 3.8) is 0 Å². The van der Waals surface area contributed by atoms with Gasteiger partial charge in [0.15, 0.2) is 0 Å². The van der Waals surface area contributed by atoms with Crippen LogP contribution in [0.25, 0.3) is 0 Å². The van der Waals surface area contributed by atoms with Crippen LogP contribution in [0.4, 0.5) is 26.3 Å². The molecular weight excluding hydrogens is 590 g/mol. The van der Waals surface area contributed by atoms with Crippen LogP contribution in [0.5, 0.6) is 0 Å². The van der Waals surface area contributed by atoms with Gasteiger partial charge in [0.1, 0.15) is 0 Å². The Balaban J connectivity index is 1.46. The van der Waals surface area contributed by atoms with Crippen LogP contribution >= 0.6 is 0 Å². The lowest BCUT2D eigenvalue weighted by Gasteiger charge is -2.42. The number of piperidine rings is 2. The maximum absolute atomic E-state index is 13.6. The molecule has 0 aliphatic carbocycles. The summed E-state index contributed by atoms with van der Waals surface area (Å²) in [7, 11) is 0. The van der Waals surface area contributed by atoms with Crippen molar-refractivity contribution in [1.82, 2.24) is 9.80 Å². The summed E-state index contributed by atoms with van der Waals surface area (Å²) in [4.78, 5) is 29.4. The molecule has 0 N–H and O–H groups in total. The van der Waals surface area contributed by atoms with E-state index in [2.05, 4.69) is 0 Å². The first-order valence-corrected chi connectivity index (χ1v) is 14.8. The summed E-state index contributed by atoms with van der Waals surface area (Å²) < 4.78 is 92.2. The third-order valence-electron chi connectivity index (χ3n) is 8.20. The van der Waals surface area contributed by atoms with Gasteiger partial charge in [-0.1, -0.05) is 30.3 Å². The minimum absolute atomic E-state index is 0.00506. The lowest BCUT2D eigenvalue weighted by Crippen LogP contribution is -2.50. The fourth-order valence-corrected chi connectivity index (χ4v) is 5.95. The van der Waals surface area contributed by atoms with Crippen molar-refractivity contribution >= 4 is 11.9 Å². The molecule has 2 aliphatic heterocycles. The van der Waals surface area contributed by atoms with Crippen molar-refractivity contribution < 1.29 is 45.4 Å². The molecule has 0 unspecified atom stereocenters. The summed E-state index contributed by atoms with van der Waals surface area (Å²) in [6.07, 6.45) is -10.2. The van der Waals surface area contributed by atoms with E-state index >= 15 is 0 Å². The second kappa shape index (κ2) is 13.9. The standard InChI is InChI=1S/C32H38F6N2O4/c1-20(2)43-29(41)19-39-12-9-23(10-13-39)30(42)40-14-11-28(27(18-40)22-7-5-4-6-8-22)44-21(3)24-15-25(31(33,34)35)17-26(16-24)32(36,37)38/h4-8,15-17,20-21,23,27-28H,9-14,18-19H2,1-3H3/t21-,27+,28+/m1/s1. The number of carbonyl (C=O) groups is 2. The minimum atomic E-state index is -4.96. The molecule has 0 spiro atoms. The number of nitrogens with zero attached hydrogens (tertiary/aromatic N) is 2. The summed E-state index contributed by atoms with van der Waals surface area (Å²) in [6.45, 7) is 7.01. The Kier molecular flexibility index (Phi) is 10.7. The summed E-state index contributed by atoms with van der Waals surface area (Å²) >= 11 is 0. The Hall–Kier alpha value is -3.12. The Bertz CT molecular complexity index is 1240. The van der Waals surface area contributed by atoms with E-state index in [-0.39, 0.29) is 48.0 Å². The second-order valence-corrected chi connectivity index (χ2v) is 11.8. The fourth-order valence-electron chi connectivity index (χ4n) is 5.95. The first-order valence-electron chi connectivity index (χ1n) is 14.8. The Morgan fingerprint density at radius 3 is 2.00 bits per heavy atom. The first-order chi connectivity index (χ1) is 20.6. The van der Waals surface area contributed by atoms with Crippen LogP contribution in [0.1, 0.15) is 74.3 Å². The average Bonchev–Trinajstić information content (AvgIpc) is 2.96. The molecular formula is C32H38F6N2O4. The molecule has 0 bridgehead atoms. The van der Waals surface area contributed by atoms with Crippen LogP contribution in [0, 0.1) is 5.92 Å². The average molecular weight is 629 g/mol. The van der Waals surface area contributed by atoms with Gasteiger partial charge in [-0.3, -0.25) is 14.5 Å². The molecule has 1 amide bonds. The number of carbonyl (C=O) groups excluding carboxylic acids is 2. The molecule has 2 aromatic carbocycles. The second-order valence-electron chi connectivity index (χ2n) is 11.8. The normalized spacial score (nSPS) is 21.4. The van der Waals surface area contributed by atoms with Crippen LogP contribution < -0.4 is 0 Å². The number of amides is 1. The van der Waals surface area contributed by atoms with E-state index in [1.807, 2.05) is 35.2 Å². The molecule has 44 heavy (non-hydrogen) atoms. The Labute approximate surface area is 253 Å². The molecule has 4 rings (SSSR count). The van der Waals surface area contributed by atoms with Crippen molar-refractivity contribution in [2.75, 3.05) is 32.7 Å². The molecule has 2 fully saturated rings. The summed E-state index contributed by atoms with van der Waals surface area (Å²) in [5.41, 5.74) is -2.14. The van der Waals surface area contributed by atoms with Gasteiger partial charge in [0.25, 0.3) is 0 Å². The number of alkyl halides is 6. The zero-order valence-corrected chi connectivity index (χ0v) is 25.0. The van der Waals surface area contributed by atoms with Crippen LogP contribution in [0.2, 0.25) is 0 Å². The van der Waals surface area contributed by atoms with E-state index in [4.69, 9.17) is 9.47 Å². The van der Waals surface area contributed by atoms with Crippen molar-refractivity contribution in [1.29, 1.82) is 0 Å². The van der Waals surface area contributed by atoms with Crippen LogP contribution in [-0.4, -0.2) is 66.6 Å². The summed E-state index contributed by atoms with van der Waals surface area (Å²) in [5.74, 6) is -0.859. The highest BCUT2D eigenvalue weighted by molar-refractivity contribution is 5.79. The van der Waals surface area contributed by atoms with Gasteiger partial charge in [0, 0.05) is 24.9 Å². The molecule has 6 nitrogen and oxygen atoms in total. The third-order valence-corrected chi connectivity index (χ3v) is 8.20. The number of esters is 1. The van der Waals surface area contributed by atoms with Gasteiger partial charge < -0.3 is 14.4 Å². The molecule has 242 valence electrons. The van der Waals surface area contributed by atoms with Crippen LogP contribution in [-0.2, 0) is 31.4 Å². The van der Waals surface area contributed by atoms with E-state index in [1.54, 1.807) is 18.7 Å². The Morgan fingerprint density at radius 2 is 1.45 bits per heavy atom. The van der Waals surface area contributed by atoms with Crippen LogP contribution in [0.3, 0.4) is 0 Å². The Morgan fingerprint density at radius 1 is 0.864 bits per heavy atom. The predicted octanol–water partition coefficient (Wildman–Crippen LogP) is 6.85. The number of likely N-dealkylation sites (tertiary alicyclic amines) is 2. The van der Waals surface area contributed by atoms with E-state index in [0.717, 1.165) is 5.56 Å². The monoisotopic (exact) mass is 628 g/mol. The molecule has 2 aliphatic rings. The molecule has 2 heterocycles. The SMILES string of the molecule is CC(C)OC(=O)CN1CCC(C(=O)N2CC[C@H](O[C@H](C)c3cc(C(F)(F)F)cc(C(F)(F)F)c3)[C@H](c3ccccc3)C2)CC1. The van der Waals surface area contributed by atoms with Gasteiger partial charge >= 0.3 is 18.3 Å². The highest BCUT2D eigenvalue weighted by Gasteiger charge is 2.40. The first kappa shape index (κ1) is 33.8. The van der Waals surface area contributed by atoms with Crippen molar-refractivity contribution in [3.8, 4) is 0 Å². The van der Waals surface area contributed by atoms with E-state index in [1.165, 1.54) is 6.92 Å². The van der Waals surface area contributed by atoms with Crippen LogP contribution in [0.15, 0.2) is 48.5 Å². The van der Waals surface area contributed by atoms with Gasteiger partial charge in [-0.15, -0.1) is 0 Å². The zero-order chi connectivity index (χ0) is 32.2. The minimum Gasteiger partial charge on any atom is -0.462 e.